The molecule has 0 aliphatic heterocycles. The van der Waals surface area contributed by atoms with Gasteiger partial charge in [-0.15, -0.1) is 23.7 Å². The minimum absolute atomic E-state index is 0. The van der Waals surface area contributed by atoms with E-state index < -0.39 is 0 Å². The van der Waals surface area contributed by atoms with Crippen LogP contribution in [0.4, 0.5) is 5.13 Å². The number of ether oxygens (including phenoxy) is 2. The molecule has 2 rings (SSSR count). The molecule has 1 heterocycles. The van der Waals surface area contributed by atoms with Crippen molar-refractivity contribution >= 4 is 40.7 Å². The molecule has 2 amide bonds. The van der Waals surface area contributed by atoms with Crippen molar-refractivity contribution in [2.24, 2.45) is 5.73 Å². The number of halogens is 1. The quantitative estimate of drug-likeness (QED) is 0.664. The molecule has 0 fully saturated rings. The average Bonchev–Trinajstić information content (AvgIpc) is 3.07. The van der Waals surface area contributed by atoms with Gasteiger partial charge in [0.2, 0.25) is 0 Å². The third-order valence-corrected chi connectivity index (χ3v) is 3.79. The normalized spacial score (nSPS) is 9.72. The first-order valence-electron chi connectivity index (χ1n) is 7.06. The van der Waals surface area contributed by atoms with Crippen LogP contribution in [0.2, 0.25) is 0 Å². The van der Waals surface area contributed by atoms with Crippen LogP contribution in [0.1, 0.15) is 20.8 Å². The van der Waals surface area contributed by atoms with Crippen molar-refractivity contribution in [1.29, 1.82) is 0 Å². The fourth-order valence-electron chi connectivity index (χ4n) is 1.86. The van der Waals surface area contributed by atoms with Gasteiger partial charge in [0.05, 0.1) is 14.2 Å². The summed E-state index contributed by atoms with van der Waals surface area (Å²) >= 11 is 1.16. The third kappa shape index (κ3) is 5.31. The number of nitrogens with zero attached hydrogens (tertiary/aromatic N) is 1. The van der Waals surface area contributed by atoms with Crippen molar-refractivity contribution in [2.75, 3.05) is 32.6 Å². The Morgan fingerprint density at radius 3 is 2.56 bits per heavy atom. The highest BCUT2D eigenvalue weighted by molar-refractivity contribution is 7.14. The van der Waals surface area contributed by atoms with Crippen molar-refractivity contribution in [3.05, 3.63) is 34.8 Å². The molecule has 0 aliphatic rings. The molecule has 0 radical (unpaired) electrons. The first-order chi connectivity index (χ1) is 11.6. The number of carbonyl (C=O) groups excluding carboxylic acids is 2. The molecule has 0 atom stereocenters. The lowest BCUT2D eigenvalue weighted by Gasteiger charge is -2.09. The minimum Gasteiger partial charge on any atom is -0.493 e. The van der Waals surface area contributed by atoms with Crippen LogP contribution >= 0.6 is 23.7 Å². The fraction of sp³-hybridized carbons (Fsp3) is 0.267. The molecular weight excluding hydrogens is 368 g/mol. The van der Waals surface area contributed by atoms with E-state index in [1.54, 1.807) is 23.6 Å². The van der Waals surface area contributed by atoms with E-state index in [9.17, 15) is 9.59 Å². The molecular formula is C15H19ClN4O4S. The van der Waals surface area contributed by atoms with Gasteiger partial charge < -0.3 is 20.5 Å². The summed E-state index contributed by atoms with van der Waals surface area (Å²) in [5, 5.41) is 7.15. The Labute approximate surface area is 155 Å². The lowest BCUT2D eigenvalue weighted by molar-refractivity contribution is 0.0949. The van der Waals surface area contributed by atoms with E-state index in [2.05, 4.69) is 15.6 Å². The molecule has 0 saturated heterocycles. The van der Waals surface area contributed by atoms with Gasteiger partial charge in [-0.25, -0.2) is 4.98 Å². The van der Waals surface area contributed by atoms with Crippen molar-refractivity contribution in [3.63, 3.8) is 0 Å². The molecule has 0 unspecified atom stereocenters. The second-order valence-electron chi connectivity index (χ2n) is 4.61. The molecule has 0 saturated carbocycles. The van der Waals surface area contributed by atoms with E-state index in [1.807, 2.05) is 0 Å². The highest BCUT2D eigenvalue weighted by atomic mass is 35.5. The van der Waals surface area contributed by atoms with Crippen LogP contribution in [-0.4, -0.2) is 44.1 Å². The van der Waals surface area contributed by atoms with Crippen LogP contribution in [0.5, 0.6) is 11.5 Å². The number of aromatic nitrogens is 1. The number of thiazole rings is 1. The molecule has 10 heteroatoms. The lowest BCUT2D eigenvalue weighted by atomic mass is 10.2. The summed E-state index contributed by atoms with van der Waals surface area (Å²) in [5.74, 6) is 0.288. The van der Waals surface area contributed by atoms with Crippen LogP contribution in [0.25, 0.3) is 0 Å². The van der Waals surface area contributed by atoms with Gasteiger partial charge in [0.15, 0.2) is 16.6 Å². The number of hydrogen-bond acceptors (Lipinski definition) is 7. The number of methoxy groups -OCH3 is 2. The minimum atomic E-state index is -0.362. The molecule has 136 valence electrons. The van der Waals surface area contributed by atoms with Crippen LogP contribution in [0.15, 0.2) is 23.6 Å². The van der Waals surface area contributed by atoms with Gasteiger partial charge in [0, 0.05) is 24.0 Å². The Morgan fingerprint density at radius 2 is 1.92 bits per heavy atom. The molecule has 25 heavy (non-hydrogen) atoms. The van der Waals surface area contributed by atoms with Gasteiger partial charge in [0.1, 0.15) is 5.69 Å². The van der Waals surface area contributed by atoms with E-state index >= 15 is 0 Å². The number of amides is 2. The van der Waals surface area contributed by atoms with Crippen LogP contribution in [0.3, 0.4) is 0 Å². The standard InChI is InChI=1S/C15H18N4O4S.ClH/c1-22-11-4-3-9(7-12(11)23-2)13(20)19-15-18-10(8-24-15)14(21)17-6-5-16;/h3-4,7-8H,5-6,16H2,1-2H3,(H,17,21)(H,18,19,20);1H. The number of carbonyl (C=O) groups is 2. The summed E-state index contributed by atoms with van der Waals surface area (Å²) in [6.07, 6.45) is 0. The van der Waals surface area contributed by atoms with Gasteiger partial charge in [-0.05, 0) is 18.2 Å². The highest BCUT2D eigenvalue weighted by Gasteiger charge is 2.14. The molecule has 8 nitrogen and oxygen atoms in total. The van der Waals surface area contributed by atoms with Gasteiger partial charge in [-0.3, -0.25) is 14.9 Å². The number of hydrogen-bond donors (Lipinski definition) is 3. The lowest BCUT2D eigenvalue weighted by Crippen LogP contribution is -2.29. The van der Waals surface area contributed by atoms with Gasteiger partial charge in [-0.1, -0.05) is 0 Å². The maximum atomic E-state index is 12.3. The number of nitrogens with two attached hydrogens (primary N) is 1. The maximum absolute atomic E-state index is 12.3. The van der Waals surface area contributed by atoms with Gasteiger partial charge in [-0.2, -0.15) is 0 Å². The predicted molar refractivity (Wildman–Crippen MR) is 98.2 cm³/mol. The molecule has 1 aromatic carbocycles. The number of rotatable bonds is 7. The third-order valence-electron chi connectivity index (χ3n) is 3.03. The van der Waals surface area contributed by atoms with E-state index in [0.717, 1.165) is 11.3 Å². The zero-order valence-corrected chi connectivity index (χ0v) is 15.3. The highest BCUT2D eigenvalue weighted by Crippen LogP contribution is 2.28. The fourth-order valence-corrected chi connectivity index (χ4v) is 2.54. The second-order valence-corrected chi connectivity index (χ2v) is 5.46. The smallest absolute Gasteiger partial charge is 0.270 e. The van der Waals surface area contributed by atoms with Crippen molar-refractivity contribution in [1.82, 2.24) is 10.3 Å². The van der Waals surface area contributed by atoms with Crippen molar-refractivity contribution in [2.45, 2.75) is 0 Å². The summed E-state index contributed by atoms with van der Waals surface area (Å²) < 4.78 is 10.3. The van der Waals surface area contributed by atoms with E-state index in [-0.39, 0.29) is 29.9 Å². The number of nitrogens with one attached hydrogen (secondary N) is 2. The Balaban J connectivity index is 0.00000312. The zero-order chi connectivity index (χ0) is 17.5. The maximum Gasteiger partial charge on any atom is 0.270 e. The average molecular weight is 387 g/mol. The van der Waals surface area contributed by atoms with E-state index in [4.69, 9.17) is 15.2 Å². The number of benzene rings is 1. The monoisotopic (exact) mass is 386 g/mol. The zero-order valence-electron chi connectivity index (χ0n) is 13.7. The van der Waals surface area contributed by atoms with Gasteiger partial charge >= 0.3 is 0 Å². The molecule has 0 aliphatic carbocycles. The summed E-state index contributed by atoms with van der Waals surface area (Å²) in [4.78, 5) is 28.1. The van der Waals surface area contributed by atoms with Crippen LogP contribution < -0.4 is 25.8 Å². The van der Waals surface area contributed by atoms with E-state index in [0.29, 0.717) is 35.3 Å². The van der Waals surface area contributed by atoms with Gasteiger partial charge in [0.25, 0.3) is 11.8 Å². The van der Waals surface area contributed by atoms with Crippen molar-refractivity contribution in [3.8, 4) is 11.5 Å². The van der Waals surface area contributed by atoms with Crippen LogP contribution in [-0.2, 0) is 0 Å². The molecule has 0 spiro atoms. The Bertz CT molecular complexity index is 738. The predicted octanol–water partition coefficient (Wildman–Crippen LogP) is 1.52. The molecule has 1 aromatic heterocycles. The van der Waals surface area contributed by atoms with Crippen molar-refractivity contribution < 1.29 is 19.1 Å². The first kappa shape index (κ1) is 20.7. The summed E-state index contributed by atoms with van der Waals surface area (Å²) in [6.45, 7) is 0.711. The Morgan fingerprint density at radius 1 is 1.20 bits per heavy atom. The summed E-state index contributed by atoms with van der Waals surface area (Å²) in [5.41, 5.74) is 5.94. The Hall–Kier alpha value is -2.36. The number of anilines is 1. The summed E-state index contributed by atoms with van der Waals surface area (Å²) in [7, 11) is 3.01. The summed E-state index contributed by atoms with van der Waals surface area (Å²) in [6, 6.07) is 4.82. The second kappa shape index (κ2) is 9.82. The Kier molecular flexibility index (Phi) is 8.12. The van der Waals surface area contributed by atoms with E-state index in [1.165, 1.54) is 14.2 Å². The topological polar surface area (TPSA) is 116 Å². The largest absolute Gasteiger partial charge is 0.493 e. The molecule has 4 N–H and O–H groups in total. The van der Waals surface area contributed by atoms with Crippen LogP contribution in [0, 0.1) is 0 Å². The first-order valence-corrected chi connectivity index (χ1v) is 7.94. The SMILES string of the molecule is COc1ccc(C(=O)Nc2nc(C(=O)NCCN)cs2)cc1OC.Cl. The molecule has 2 aromatic rings. The molecule has 0 bridgehead atoms.